The first-order valence-electron chi connectivity index (χ1n) is 18.3. The molecule has 0 aliphatic carbocycles. The molecule has 4 aromatic rings. The lowest BCUT2D eigenvalue weighted by Gasteiger charge is -2.33. The van der Waals surface area contributed by atoms with Crippen LogP contribution < -0.4 is 14.2 Å². The number of nitriles is 1. The molecule has 2 aliphatic rings. The molecule has 3 heterocycles. The summed E-state index contributed by atoms with van der Waals surface area (Å²) >= 11 is 6.85. The summed E-state index contributed by atoms with van der Waals surface area (Å²) in [7, 11) is 0. The Morgan fingerprint density at radius 2 is 1.74 bits per heavy atom. The molecule has 53 heavy (non-hydrogen) atoms. The van der Waals surface area contributed by atoms with Gasteiger partial charge in [-0.3, -0.25) is 14.7 Å². The van der Waals surface area contributed by atoms with Crippen molar-refractivity contribution < 1.29 is 28.5 Å². The van der Waals surface area contributed by atoms with E-state index in [-0.39, 0.29) is 13.2 Å². The van der Waals surface area contributed by atoms with Crippen LogP contribution in [0.5, 0.6) is 17.2 Å². The molecule has 0 bridgehead atoms. The monoisotopic (exact) mass is 740 g/mol. The number of likely N-dealkylation sites (tertiary alicyclic amines) is 2. The van der Waals surface area contributed by atoms with E-state index in [1.807, 2.05) is 29.2 Å². The number of ether oxygens (including phenoxy) is 3. The first-order chi connectivity index (χ1) is 25.7. The number of halogens is 2. The molecule has 1 aromatic heterocycles. The van der Waals surface area contributed by atoms with Crippen LogP contribution >= 0.6 is 11.6 Å². The number of aliphatic carboxylic acids is 1. The van der Waals surface area contributed by atoms with Crippen molar-refractivity contribution in [3.05, 3.63) is 105 Å². The quantitative estimate of drug-likeness (QED) is 0.121. The van der Waals surface area contributed by atoms with Crippen molar-refractivity contribution in [1.82, 2.24) is 14.8 Å². The van der Waals surface area contributed by atoms with Crippen LogP contribution in [0, 0.1) is 25.2 Å². The zero-order chi connectivity index (χ0) is 37.3. The van der Waals surface area contributed by atoms with Gasteiger partial charge in [0.25, 0.3) is 0 Å². The van der Waals surface area contributed by atoms with E-state index in [9.17, 15) is 19.6 Å². The molecule has 278 valence electrons. The first kappa shape index (κ1) is 38.0. The number of rotatable bonds is 15. The molecule has 11 heteroatoms. The number of alkyl halides is 1. The third-order valence-electron chi connectivity index (χ3n) is 10.2. The normalized spacial score (nSPS) is 17.7. The molecule has 0 amide bonds. The molecule has 9 nitrogen and oxygen atoms in total. The number of carboxylic acid groups (broad SMARTS) is 1. The van der Waals surface area contributed by atoms with Crippen LogP contribution in [-0.2, 0) is 24.6 Å². The average molecular weight is 741 g/mol. The van der Waals surface area contributed by atoms with Crippen molar-refractivity contribution in [3.8, 4) is 34.4 Å². The molecular weight excluding hydrogens is 695 g/mol. The van der Waals surface area contributed by atoms with E-state index in [4.69, 9.17) is 25.8 Å². The lowest BCUT2D eigenvalue weighted by molar-refractivity contribution is -0.144. The summed E-state index contributed by atoms with van der Waals surface area (Å²) in [6.45, 7) is 8.29. The number of piperidine rings is 1. The number of nitrogens with zero attached hydrogens (tertiary/aromatic N) is 4. The lowest BCUT2D eigenvalue weighted by Crippen LogP contribution is -2.44. The van der Waals surface area contributed by atoms with Gasteiger partial charge >= 0.3 is 5.97 Å². The molecule has 2 fully saturated rings. The smallest absolute Gasteiger partial charge is 0.320 e. The van der Waals surface area contributed by atoms with Gasteiger partial charge in [-0.05, 0) is 92.1 Å². The maximum absolute atomic E-state index is 13.5. The molecule has 1 N–H and O–H groups in total. The van der Waals surface area contributed by atoms with E-state index in [0.29, 0.717) is 61.2 Å². The minimum absolute atomic E-state index is 0.153. The Morgan fingerprint density at radius 3 is 2.51 bits per heavy atom. The fourth-order valence-electron chi connectivity index (χ4n) is 7.22. The van der Waals surface area contributed by atoms with Crippen molar-refractivity contribution in [2.24, 2.45) is 0 Å². The van der Waals surface area contributed by atoms with Gasteiger partial charge in [-0.25, -0.2) is 4.39 Å². The molecule has 2 saturated heterocycles. The highest BCUT2D eigenvalue weighted by Crippen LogP contribution is 2.37. The van der Waals surface area contributed by atoms with Crippen LogP contribution in [0.3, 0.4) is 0 Å². The summed E-state index contributed by atoms with van der Waals surface area (Å²) in [5.41, 5.74) is 7.17. The number of pyridine rings is 1. The largest absolute Gasteiger partial charge is 0.493 e. The first-order valence-corrected chi connectivity index (χ1v) is 18.6. The number of hydrogen-bond acceptors (Lipinski definition) is 8. The number of carboxylic acids is 1. The number of hydrogen-bond donors (Lipinski definition) is 1. The van der Waals surface area contributed by atoms with E-state index in [2.05, 4.69) is 41.9 Å². The van der Waals surface area contributed by atoms with Gasteiger partial charge in [0.1, 0.15) is 48.7 Å². The summed E-state index contributed by atoms with van der Waals surface area (Å²) in [4.78, 5) is 20.3. The molecular formula is C42H46ClFN4O5. The number of benzene rings is 3. The van der Waals surface area contributed by atoms with Gasteiger partial charge in [-0.15, -0.1) is 0 Å². The van der Waals surface area contributed by atoms with Crippen molar-refractivity contribution in [2.75, 3.05) is 32.8 Å². The van der Waals surface area contributed by atoms with Gasteiger partial charge in [0, 0.05) is 55.8 Å². The van der Waals surface area contributed by atoms with E-state index in [1.54, 1.807) is 24.4 Å². The van der Waals surface area contributed by atoms with Gasteiger partial charge in [0.15, 0.2) is 0 Å². The second kappa shape index (κ2) is 17.9. The van der Waals surface area contributed by atoms with Gasteiger partial charge in [-0.1, -0.05) is 48.4 Å². The molecule has 0 saturated carbocycles. The second-order valence-electron chi connectivity index (χ2n) is 13.9. The van der Waals surface area contributed by atoms with E-state index in [0.717, 1.165) is 77.0 Å². The summed E-state index contributed by atoms with van der Waals surface area (Å²) < 4.78 is 32.4. The highest BCUT2D eigenvalue weighted by atomic mass is 35.5. The summed E-state index contributed by atoms with van der Waals surface area (Å²) in [5, 5.41) is 19.6. The Balaban J connectivity index is 1.18. The van der Waals surface area contributed by atoms with E-state index < -0.39 is 18.2 Å². The Labute approximate surface area is 315 Å². The van der Waals surface area contributed by atoms with Crippen LogP contribution in [0.15, 0.2) is 67.0 Å². The topological polar surface area (TPSA) is 108 Å². The summed E-state index contributed by atoms with van der Waals surface area (Å²) in [6.07, 6.45) is 6.26. The van der Waals surface area contributed by atoms with Crippen molar-refractivity contribution in [2.45, 2.75) is 77.9 Å². The molecule has 0 radical (unpaired) electrons. The van der Waals surface area contributed by atoms with E-state index >= 15 is 0 Å². The summed E-state index contributed by atoms with van der Waals surface area (Å²) in [6, 6.07) is 19.1. The Hall–Kier alpha value is -4.69. The van der Waals surface area contributed by atoms with Gasteiger partial charge < -0.3 is 24.2 Å². The van der Waals surface area contributed by atoms with Crippen LogP contribution in [-0.4, -0.2) is 70.9 Å². The van der Waals surface area contributed by atoms with Gasteiger partial charge in [0.2, 0.25) is 0 Å². The maximum atomic E-state index is 13.5. The molecule has 2 atom stereocenters. The van der Waals surface area contributed by atoms with Crippen LogP contribution in [0.2, 0.25) is 5.02 Å². The minimum atomic E-state index is -0.837. The fourth-order valence-corrected chi connectivity index (χ4v) is 7.46. The highest BCUT2D eigenvalue weighted by molar-refractivity contribution is 6.32. The van der Waals surface area contributed by atoms with Crippen LogP contribution in [0.4, 0.5) is 4.39 Å². The zero-order valence-corrected chi connectivity index (χ0v) is 31.1. The van der Waals surface area contributed by atoms with E-state index in [1.165, 1.54) is 6.20 Å². The molecule has 6 rings (SSSR count). The minimum Gasteiger partial charge on any atom is -0.493 e. The SMILES string of the molecule is Cc1c(COc2cc(OCc3cncc(C#N)c3)c(CN3CCCC[C@H]3C(=O)O)cc2Cl)cccc1-c1cccc(OCCCN2CC[C@H](F)C2)c1C. The molecule has 0 unspecified atom stereocenters. The predicted molar refractivity (Wildman–Crippen MR) is 202 cm³/mol. The van der Waals surface area contributed by atoms with Crippen molar-refractivity contribution in [1.29, 1.82) is 5.26 Å². The molecule has 0 spiro atoms. The molecule has 3 aromatic carbocycles. The third kappa shape index (κ3) is 9.65. The summed E-state index contributed by atoms with van der Waals surface area (Å²) in [5.74, 6) is 0.958. The highest BCUT2D eigenvalue weighted by Gasteiger charge is 2.29. The number of aromatic nitrogens is 1. The van der Waals surface area contributed by atoms with Gasteiger partial charge in [-0.2, -0.15) is 5.26 Å². The Kier molecular flexibility index (Phi) is 12.8. The number of carbonyl (C=O) groups is 1. The van der Waals surface area contributed by atoms with Crippen molar-refractivity contribution >= 4 is 17.6 Å². The Bertz CT molecular complexity index is 1950. The predicted octanol–water partition coefficient (Wildman–Crippen LogP) is 8.30. The lowest BCUT2D eigenvalue weighted by atomic mass is 9.93. The average Bonchev–Trinajstić information content (AvgIpc) is 3.58. The maximum Gasteiger partial charge on any atom is 0.320 e. The molecule has 2 aliphatic heterocycles. The van der Waals surface area contributed by atoms with Gasteiger partial charge in [0.05, 0.1) is 17.2 Å². The standard InChI is InChI=1S/C42H46ClFN4O5/c1-28-32(8-5-9-35(28)36-10-6-12-39(29(36)2)51-17-7-14-47-16-13-34(44)25-47)27-53-41-20-40(52-26-31-18-30(21-45)22-46-23-31)33(19-37(41)43)24-48-15-4-3-11-38(48)42(49)50/h5-6,8-10,12,18-20,22-23,34,38H,3-4,7,11,13-17,24-27H2,1-2H3,(H,49,50)/t34-,38-/m0/s1. The second-order valence-corrected chi connectivity index (χ2v) is 14.3. The van der Waals surface area contributed by atoms with Crippen molar-refractivity contribution in [3.63, 3.8) is 0 Å². The fraction of sp³-hybridized carbons (Fsp3) is 0.405. The van der Waals surface area contributed by atoms with Crippen LogP contribution in [0.1, 0.15) is 65.5 Å². The zero-order valence-electron chi connectivity index (χ0n) is 30.3. The van der Waals surface area contributed by atoms with Crippen LogP contribution in [0.25, 0.3) is 11.1 Å². The third-order valence-corrected chi connectivity index (χ3v) is 10.5. The Morgan fingerprint density at radius 1 is 0.943 bits per heavy atom.